The first-order valence-corrected chi connectivity index (χ1v) is 4.21. The summed E-state index contributed by atoms with van der Waals surface area (Å²) < 4.78 is 9.91. The third kappa shape index (κ3) is 7.70. The summed E-state index contributed by atoms with van der Waals surface area (Å²) >= 11 is 0. The molecule has 0 aliphatic rings. The third-order valence-electron chi connectivity index (χ3n) is 1.51. The predicted octanol–water partition coefficient (Wildman–Crippen LogP) is -0.669. The van der Waals surface area contributed by atoms with Crippen LogP contribution in [0.3, 0.4) is 0 Å². The molecular formula is C8H18N2O3. The van der Waals surface area contributed by atoms with Gasteiger partial charge in [0.2, 0.25) is 5.91 Å². The summed E-state index contributed by atoms with van der Waals surface area (Å²) in [5.41, 5.74) is 0. The van der Waals surface area contributed by atoms with Crippen molar-refractivity contribution in [2.45, 2.75) is 13.2 Å². The molecule has 0 rings (SSSR count). The number of ether oxygens (including phenoxy) is 2. The first-order chi connectivity index (χ1) is 6.20. The van der Waals surface area contributed by atoms with Gasteiger partial charge < -0.3 is 20.1 Å². The number of carbonyl (C=O) groups excluding carboxylic acids is 1. The zero-order valence-corrected chi connectivity index (χ0v) is 8.42. The number of carbonyl (C=O) groups is 1. The molecule has 0 aromatic heterocycles. The summed E-state index contributed by atoms with van der Waals surface area (Å²) in [6.45, 7) is 3.44. The smallest absolute Gasteiger partial charge is 0.216 e. The van der Waals surface area contributed by atoms with Gasteiger partial charge in [0.15, 0.2) is 6.29 Å². The van der Waals surface area contributed by atoms with Gasteiger partial charge in [-0.3, -0.25) is 4.79 Å². The molecule has 0 saturated heterocycles. The van der Waals surface area contributed by atoms with E-state index in [1.807, 2.05) is 0 Å². The Morgan fingerprint density at radius 2 is 1.92 bits per heavy atom. The molecule has 0 aliphatic heterocycles. The van der Waals surface area contributed by atoms with Crippen molar-refractivity contribution in [3.8, 4) is 0 Å². The molecule has 2 N–H and O–H groups in total. The molecule has 0 aromatic rings. The lowest BCUT2D eigenvalue weighted by atomic mass is 10.5. The lowest BCUT2D eigenvalue weighted by molar-refractivity contribution is -0.118. The Balaban J connectivity index is 3.19. The summed E-state index contributed by atoms with van der Waals surface area (Å²) in [6, 6.07) is 0. The van der Waals surface area contributed by atoms with Gasteiger partial charge in [-0.2, -0.15) is 0 Å². The van der Waals surface area contributed by atoms with Crippen LogP contribution in [0.25, 0.3) is 0 Å². The van der Waals surface area contributed by atoms with Gasteiger partial charge in [0.05, 0.1) is 0 Å². The van der Waals surface area contributed by atoms with Crippen molar-refractivity contribution in [2.75, 3.05) is 33.9 Å². The molecule has 1 amide bonds. The number of amides is 1. The van der Waals surface area contributed by atoms with E-state index in [-0.39, 0.29) is 12.2 Å². The molecule has 78 valence electrons. The highest BCUT2D eigenvalue weighted by atomic mass is 16.7. The van der Waals surface area contributed by atoms with Crippen LogP contribution >= 0.6 is 0 Å². The van der Waals surface area contributed by atoms with Gasteiger partial charge in [0, 0.05) is 40.8 Å². The third-order valence-corrected chi connectivity index (χ3v) is 1.51. The van der Waals surface area contributed by atoms with Crippen LogP contribution in [0.5, 0.6) is 0 Å². The van der Waals surface area contributed by atoms with Crippen LogP contribution in [0.1, 0.15) is 6.92 Å². The molecule has 0 fully saturated rings. The molecule has 0 aliphatic carbocycles. The van der Waals surface area contributed by atoms with Gasteiger partial charge in [-0.15, -0.1) is 0 Å². The Bertz CT molecular complexity index is 137. The highest BCUT2D eigenvalue weighted by molar-refractivity contribution is 5.72. The minimum Gasteiger partial charge on any atom is -0.355 e. The molecule has 5 heteroatoms. The SMILES string of the molecule is COC(CNCCNC(C)=O)OC. The monoisotopic (exact) mass is 190 g/mol. The maximum absolute atomic E-state index is 10.5. The standard InChI is InChI=1S/C8H18N2O3/c1-7(11)10-5-4-9-6-8(12-2)13-3/h8-9H,4-6H2,1-3H3,(H,10,11). The molecule has 0 heterocycles. The van der Waals surface area contributed by atoms with Crippen molar-refractivity contribution < 1.29 is 14.3 Å². The van der Waals surface area contributed by atoms with Crippen molar-refractivity contribution in [2.24, 2.45) is 0 Å². The van der Waals surface area contributed by atoms with E-state index in [1.165, 1.54) is 6.92 Å². The summed E-state index contributed by atoms with van der Waals surface area (Å²) in [5.74, 6) is -0.0168. The van der Waals surface area contributed by atoms with Gasteiger partial charge in [-0.05, 0) is 0 Å². The number of methoxy groups -OCH3 is 2. The van der Waals surface area contributed by atoms with E-state index in [0.29, 0.717) is 19.6 Å². The second-order valence-electron chi connectivity index (χ2n) is 2.59. The van der Waals surface area contributed by atoms with E-state index in [4.69, 9.17) is 9.47 Å². The fourth-order valence-corrected chi connectivity index (χ4v) is 0.810. The molecular weight excluding hydrogens is 172 g/mol. The number of hydrogen-bond donors (Lipinski definition) is 2. The van der Waals surface area contributed by atoms with Crippen LogP contribution in [0.2, 0.25) is 0 Å². The molecule has 0 bridgehead atoms. The van der Waals surface area contributed by atoms with Crippen LogP contribution in [-0.2, 0) is 14.3 Å². The lowest BCUT2D eigenvalue weighted by Gasteiger charge is -2.13. The molecule has 0 saturated carbocycles. The molecule has 5 nitrogen and oxygen atoms in total. The van der Waals surface area contributed by atoms with Crippen LogP contribution in [-0.4, -0.2) is 46.1 Å². The fourth-order valence-electron chi connectivity index (χ4n) is 0.810. The fraction of sp³-hybridized carbons (Fsp3) is 0.875. The van der Waals surface area contributed by atoms with Crippen molar-refractivity contribution in [3.63, 3.8) is 0 Å². The maximum Gasteiger partial charge on any atom is 0.216 e. The number of rotatable bonds is 7. The molecule has 0 aromatic carbocycles. The Kier molecular flexibility index (Phi) is 7.57. The van der Waals surface area contributed by atoms with Gasteiger partial charge in [0.1, 0.15) is 0 Å². The van der Waals surface area contributed by atoms with Crippen LogP contribution in [0, 0.1) is 0 Å². The topological polar surface area (TPSA) is 59.6 Å². The summed E-state index contributed by atoms with van der Waals surface area (Å²) in [6.07, 6.45) is -0.225. The normalized spacial score (nSPS) is 10.5. The van der Waals surface area contributed by atoms with E-state index in [9.17, 15) is 4.79 Å². The zero-order chi connectivity index (χ0) is 10.1. The summed E-state index contributed by atoms with van der Waals surface area (Å²) in [4.78, 5) is 10.5. The maximum atomic E-state index is 10.5. The van der Waals surface area contributed by atoms with Crippen LogP contribution in [0.15, 0.2) is 0 Å². The van der Waals surface area contributed by atoms with E-state index in [2.05, 4.69) is 10.6 Å². The van der Waals surface area contributed by atoms with Gasteiger partial charge in [-0.25, -0.2) is 0 Å². The Hall–Kier alpha value is -0.650. The van der Waals surface area contributed by atoms with Gasteiger partial charge in [-0.1, -0.05) is 0 Å². The average molecular weight is 190 g/mol. The molecule has 0 radical (unpaired) electrons. The minimum absolute atomic E-state index is 0.0168. The second kappa shape index (κ2) is 7.97. The minimum atomic E-state index is -0.225. The molecule has 0 spiro atoms. The highest BCUT2D eigenvalue weighted by Gasteiger charge is 2.02. The lowest BCUT2D eigenvalue weighted by Crippen LogP contribution is -2.35. The Labute approximate surface area is 78.8 Å². The quantitative estimate of drug-likeness (QED) is 0.413. The van der Waals surface area contributed by atoms with Crippen molar-refractivity contribution in [1.29, 1.82) is 0 Å². The van der Waals surface area contributed by atoms with Crippen molar-refractivity contribution in [3.05, 3.63) is 0 Å². The van der Waals surface area contributed by atoms with Gasteiger partial charge >= 0.3 is 0 Å². The van der Waals surface area contributed by atoms with Crippen molar-refractivity contribution >= 4 is 5.91 Å². The summed E-state index contributed by atoms with van der Waals surface area (Å²) in [7, 11) is 3.17. The predicted molar refractivity (Wildman–Crippen MR) is 49.4 cm³/mol. The number of nitrogens with one attached hydrogen (secondary N) is 2. The van der Waals surface area contributed by atoms with Crippen LogP contribution < -0.4 is 10.6 Å². The first kappa shape index (κ1) is 12.3. The van der Waals surface area contributed by atoms with E-state index < -0.39 is 0 Å². The van der Waals surface area contributed by atoms with E-state index in [1.54, 1.807) is 14.2 Å². The van der Waals surface area contributed by atoms with Gasteiger partial charge in [0.25, 0.3) is 0 Å². The first-order valence-electron chi connectivity index (χ1n) is 4.21. The second-order valence-corrected chi connectivity index (χ2v) is 2.59. The van der Waals surface area contributed by atoms with E-state index >= 15 is 0 Å². The van der Waals surface area contributed by atoms with E-state index in [0.717, 1.165) is 0 Å². The molecule has 0 atom stereocenters. The summed E-state index contributed by atoms with van der Waals surface area (Å²) in [5, 5.41) is 5.75. The zero-order valence-electron chi connectivity index (χ0n) is 8.42. The van der Waals surface area contributed by atoms with Crippen LogP contribution in [0.4, 0.5) is 0 Å². The Morgan fingerprint density at radius 3 is 2.38 bits per heavy atom. The molecule has 13 heavy (non-hydrogen) atoms. The average Bonchev–Trinajstić information content (AvgIpc) is 2.11. The molecule has 0 unspecified atom stereocenters. The highest BCUT2D eigenvalue weighted by Crippen LogP contribution is 1.86. The Morgan fingerprint density at radius 1 is 1.31 bits per heavy atom. The largest absolute Gasteiger partial charge is 0.355 e. The van der Waals surface area contributed by atoms with Crippen molar-refractivity contribution in [1.82, 2.24) is 10.6 Å². The number of hydrogen-bond acceptors (Lipinski definition) is 4.